The van der Waals surface area contributed by atoms with Crippen molar-refractivity contribution in [3.05, 3.63) is 145 Å². The molecular weight excluding hydrogens is 786 g/mol. The van der Waals surface area contributed by atoms with Crippen LogP contribution >= 0.6 is 15.9 Å². The van der Waals surface area contributed by atoms with Gasteiger partial charge in [0.2, 0.25) is 0 Å². The van der Waals surface area contributed by atoms with Crippen LogP contribution in [0.4, 0.5) is 0 Å². The van der Waals surface area contributed by atoms with Gasteiger partial charge in [-0.25, -0.2) is 0 Å². The molecule has 1 aliphatic carbocycles. The zero-order chi connectivity index (χ0) is 40.9. The topological polar surface area (TPSA) is 49.4 Å². The third kappa shape index (κ3) is 11.0. The van der Waals surface area contributed by atoms with Gasteiger partial charge in [0, 0.05) is 54.4 Å². The van der Waals surface area contributed by atoms with E-state index in [1.165, 1.54) is 22.3 Å². The highest BCUT2D eigenvalue weighted by atomic mass is 79.9. The smallest absolute Gasteiger partial charge is 0.126 e. The van der Waals surface area contributed by atoms with Crippen molar-refractivity contribution in [1.29, 1.82) is 0 Å². The lowest BCUT2D eigenvalue weighted by atomic mass is 9.90. The molecule has 8 bridgehead atoms. The van der Waals surface area contributed by atoms with Gasteiger partial charge in [-0.3, -0.25) is 4.90 Å². The predicted octanol–water partition coefficient (Wildman–Crippen LogP) is 12.3. The fourth-order valence-corrected chi connectivity index (χ4v) is 8.45. The van der Waals surface area contributed by atoms with E-state index >= 15 is 0 Å². The molecule has 0 unspecified atom stereocenters. The molecule has 7 heteroatoms. The molecule has 0 aliphatic heterocycles. The van der Waals surface area contributed by atoms with Crippen molar-refractivity contribution < 1.29 is 23.7 Å². The highest BCUT2D eigenvalue weighted by Gasteiger charge is 2.23. The summed E-state index contributed by atoms with van der Waals surface area (Å²) in [6, 6.07) is 30.9. The number of fused-ring (bicyclic) bond motifs is 8. The van der Waals surface area contributed by atoms with Crippen LogP contribution in [0.5, 0.6) is 28.7 Å². The number of hydrogen-bond donors (Lipinski definition) is 0. The Labute approximate surface area is 356 Å². The van der Waals surface area contributed by atoms with Crippen LogP contribution in [0.1, 0.15) is 116 Å². The van der Waals surface area contributed by atoms with Crippen LogP contribution < -0.4 is 23.7 Å². The van der Waals surface area contributed by atoms with Crippen molar-refractivity contribution in [3.8, 4) is 28.7 Å². The summed E-state index contributed by atoms with van der Waals surface area (Å²) >= 11 is 3.93. The molecule has 6 rings (SSSR count). The molecule has 0 N–H and O–H groups in total. The van der Waals surface area contributed by atoms with E-state index in [1.807, 2.05) is 12.1 Å². The SMILES string of the molecule is CCCOc1c2cccc1Cc1cc(Br)cc(c1OCCC)Cc1cc(CN(CC)Cc3ccc(OC)cc3)cc(c1OCCC)Cc1cccc(c1OCCC)C2. The van der Waals surface area contributed by atoms with Crippen molar-refractivity contribution >= 4 is 15.9 Å². The number of methoxy groups -OCH3 is 1. The Morgan fingerprint density at radius 1 is 0.466 bits per heavy atom. The van der Waals surface area contributed by atoms with Crippen LogP contribution in [0.3, 0.4) is 0 Å². The molecule has 0 spiro atoms. The normalized spacial score (nSPS) is 12.3. The summed E-state index contributed by atoms with van der Waals surface area (Å²) in [5.74, 6) is 4.72. The van der Waals surface area contributed by atoms with Gasteiger partial charge in [0.25, 0.3) is 0 Å². The zero-order valence-corrected chi connectivity index (χ0v) is 37.1. The van der Waals surface area contributed by atoms with Crippen molar-refractivity contribution in [2.24, 2.45) is 0 Å². The Morgan fingerprint density at radius 3 is 1.22 bits per heavy atom. The van der Waals surface area contributed by atoms with Crippen LogP contribution in [0.15, 0.2) is 89.4 Å². The Kier molecular flexibility index (Phi) is 16.0. The quantitative estimate of drug-likeness (QED) is 0.0859. The van der Waals surface area contributed by atoms with Gasteiger partial charge < -0.3 is 23.7 Å². The predicted molar refractivity (Wildman–Crippen MR) is 241 cm³/mol. The van der Waals surface area contributed by atoms with Gasteiger partial charge in [-0.2, -0.15) is 0 Å². The summed E-state index contributed by atoms with van der Waals surface area (Å²) in [6.45, 7) is 16.0. The zero-order valence-electron chi connectivity index (χ0n) is 35.6. The van der Waals surface area contributed by atoms with Crippen LogP contribution in [0, 0.1) is 0 Å². The standard InChI is InChI=1S/C51H62BrNO5/c1-7-22-55-48-38-14-12-16-40(48)29-42-26-37(35-53(11-5)34-36-18-20-47(54-6)21-19-36)27-43(50(42)57-24-9-3)31-45-33-46(52)32-44(51(45)58-25-10-4)30-41-17-13-15-39(28-38)49(41)56-23-8-2/h12-21,26-27,32-33H,7-11,22-25,28-31,34-35H2,1-6H3. The fraction of sp³-hybridized carbons (Fsp3) is 0.412. The van der Waals surface area contributed by atoms with Crippen molar-refractivity contribution in [2.75, 3.05) is 40.1 Å². The molecule has 0 aromatic heterocycles. The molecule has 0 fully saturated rings. The van der Waals surface area contributed by atoms with E-state index in [0.29, 0.717) is 52.1 Å². The van der Waals surface area contributed by atoms with Crippen molar-refractivity contribution in [1.82, 2.24) is 4.90 Å². The summed E-state index contributed by atoms with van der Waals surface area (Å²) in [6.07, 6.45) is 6.41. The number of rotatable bonds is 18. The Balaban J connectivity index is 1.57. The fourth-order valence-electron chi connectivity index (χ4n) is 7.89. The number of benzene rings is 5. The molecule has 0 saturated carbocycles. The molecule has 5 aromatic rings. The van der Waals surface area contributed by atoms with Gasteiger partial charge in [0.1, 0.15) is 28.7 Å². The molecule has 1 aliphatic rings. The molecule has 0 amide bonds. The van der Waals surface area contributed by atoms with Gasteiger partial charge in [-0.1, -0.05) is 111 Å². The summed E-state index contributed by atoms with van der Waals surface area (Å²) in [5, 5.41) is 0. The Bertz CT molecular complexity index is 2090. The number of halogens is 1. The van der Waals surface area contributed by atoms with Crippen LogP contribution in [0.25, 0.3) is 0 Å². The van der Waals surface area contributed by atoms with Crippen molar-refractivity contribution in [3.63, 3.8) is 0 Å². The first-order valence-corrected chi connectivity index (χ1v) is 22.2. The van der Waals surface area contributed by atoms with Crippen LogP contribution in [0.2, 0.25) is 0 Å². The minimum Gasteiger partial charge on any atom is -0.497 e. The first kappa shape index (κ1) is 43.1. The van der Waals surface area contributed by atoms with Crippen LogP contribution in [-0.4, -0.2) is 45.0 Å². The second-order valence-corrected chi connectivity index (χ2v) is 16.3. The summed E-state index contributed by atoms with van der Waals surface area (Å²) in [5.41, 5.74) is 11.8. The third-order valence-electron chi connectivity index (χ3n) is 10.6. The first-order chi connectivity index (χ1) is 28.4. The summed E-state index contributed by atoms with van der Waals surface area (Å²) < 4.78 is 33.4. The van der Waals surface area contributed by atoms with Crippen LogP contribution in [-0.2, 0) is 38.8 Å². The van der Waals surface area contributed by atoms with E-state index < -0.39 is 0 Å². The number of hydrogen-bond acceptors (Lipinski definition) is 6. The monoisotopic (exact) mass is 847 g/mol. The highest BCUT2D eigenvalue weighted by molar-refractivity contribution is 9.10. The Morgan fingerprint density at radius 2 is 0.828 bits per heavy atom. The summed E-state index contributed by atoms with van der Waals surface area (Å²) in [7, 11) is 1.71. The van der Waals surface area contributed by atoms with Gasteiger partial charge in [0.05, 0.1) is 33.5 Å². The van der Waals surface area contributed by atoms with Gasteiger partial charge in [-0.05, 0) is 101 Å². The van der Waals surface area contributed by atoms with E-state index in [-0.39, 0.29) is 0 Å². The molecular formula is C51H62BrNO5. The largest absolute Gasteiger partial charge is 0.497 e. The lowest BCUT2D eigenvalue weighted by molar-refractivity contribution is 0.270. The maximum absolute atomic E-state index is 6.83. The minimum atomic E-state index is 0.634. The maximum atomic E-state index is 6.83. The average Bonchev–Trinajstić information content (AvgIpc) is 3.22. The highest BCUT2D eigenvalue weighted by Crippen LogP contribution is 2.41. The lowest BCUT2D eigenvalue weighted by Crippen LogP contribution is -2.22. The Hall–Kier alpha value is -4.46. The van der Waals surface area contributed by atoms with Crippen molar-refractivity contribution in [2.45, 2.75) is 99.1 Å². The maximum Gasteiger partial charge on any atom is 0.126 e. The van der Waals surface area contributed by atoms with E-state index in [4.69, 9.17) is 23.7 Å². The summed E-state index contributed by atoms with van der Waals surface area (Å²) in [4.78, 5) is 2.50. The molecule has 0 heterocycles. The third-order valence-corrected chi connectivity index (χ3v) is 11.1. The minimum absolute atomic E-state index is 0.634. The van der Waals surface area contributed by atoms with Gasteiger partial charge >= 0.3 is 0 Å². The second kappa shape index (κ2) is 21.5. The van der Waals surface area contributed by atoms with E-state index in [2.05, 4.69) is 128 Å². The van der Waals surface area contributed by atoms with Gasteiger partial charge in [0.15, 0.2) is 0 Å². The molecule has 5 aromatic carbocycles. The van der Waals surface area contributed by atoms with E-state index in [9.17, 15) is 0 Å². The molecule has 58 heavy (non-hydrogen) atoms. The molecule has 0 atom stereocenters. The average molecular weight is 849 g/mol. The molecule has 0 saturated heterocycles. The van der Waals surface area contributed by atoms with E-state index in [1.54, 1.807) is 7.11 Å². The first-order valence-electron chi connectivity index (χ1n) is 21.4. The molecule has 308 valence electrons. The lowest BCUT2D eigenvalue weighted by Gasteiger charge is -2.25. The van der Waals surface area contributed by atoms with E-state index in [0.717, 1.165) is 112 Å². The van der Waals surface area contributed by atoms with Gasteiger partial charge in [-0.15, -0.1) is 0 Å². The number of nitrogens with zero attached hydrogens (tertiary/aromatic N) is 1. The number of para-hydroxylation sites is 2. The molecule has 0 radical (unpaired) electrons. The molecule has 6 nitrogen and oxygen atoms in total. The second-order valence-electron chi connectivity index (χ2n) is 15.4. The number of ether oxygens (including phenoxy) is 5.